The van der Waals surface area contributed by atoms with Crippen LogP contribution in [0.5, 0.6) is 11.5 Å². The Morgan fingerprint density at radius 3 is 2.75 bits per heavy atom. The minimum atomic E-state index is 0.618. The number of aromatic nitrogens is 1. The molecule has 1 aromatic heterocycles. The van der Waals surface area contributed by atoms with Crippen LogP contribution in [0.25, 0.3) is 10.6 Å². The lowest BCUT2D eigenvalue weighted by molar-refractivity contribution is 0.311. The van der Waals surface area contributed by atoms with Gasteiger partial charge in [0.15, 0.2) is 11.5 Å². The van der Waals surface area contributed by atoms with Gasteiger partial charge in [-0.05, 0) is 45.0 Å². The molecule has 0 saturated carbocycles. The monoisotopic (exact) mass is 292 g/mol. The van der Waals surface area contributed by atoms with Gasteiger partial charge in [0.05, 0.1) is 19.4 Å². The number of aryl methyl sites for hydroxylation is 1. The number of rotatable bonds is 6. The maximum Gasteiger partial charge on any atom is 0.161 e. The van der Waals surface area contributed by atoms with Crippen molar-refractivity contribution in [1.82, 2.24) is 4.98 Å². The molecule has 5 heteroatoms. The number of thiazole rings is 1. The Morgan fingerprint density at radius 1 is 1.30 bits per heavy atom. The van der Waals surface area contributed by atoms with Gasteiger partial charge in [0.1, 0.15) is 5.01 Å². The van der Waals surface area contributed by atoms with Crippen LogP contribution < -0.4 is 15.2 Å². The summed E-state index contributed by atoms with van der Waals surface area (Å²) in [5, 5.41) is 0.993. The van der Waals surface area contributed by atoms with Crippen molar-refractivity contribution >= 4 is 11.3 Å². The number of methoxy groups -OCH3 is 1. The number of ether oxygens (including phenoxy) is 2. The van der Waals surface area contributed by atoms with Crippen LogP contribution in [0.2, 0.25) is 0 Å². The molecule has 0 unspecified atom stereocenters. The molecule has 2 N–H and O–H groups in total. The van der Waals surface area contributed by atoms with Gasteiger partial charge in [-0.3, -0.25) is 0 Å². The number of hydrogen-bond acceptors (Lipinski definition) is 5. The summed E-state index contributed by atoms with van der Waals surface area (Å²) in [6.45, 7) is 5.25. The van der Waals surface area contributed by atoms with Crippen molar-refractivity contribution < 1.29 is 9.47 Å². The summed E-state index contributed by atoms with van der Waals surface area (Å²) in [5.74, 6) is 1.49. The van der Waals surface area contributed by atoms with Crippen molar-refractivity contribution in [2.24, 2.45) is 5.73 Å². The van der Waals surface area contributed by atoms with Crippen molar-refractivity contribution in [1.29, 1.82) is 0 Å². The number of hydrogen-bond donors (Lipinski definition) is 1. The van der Waals surface area contributed by atoms with E-state index in [-0.39, 0.29) is 0 Å². The van der Waals surface area contributed by atoms with Gasteiger partial charge in [0.2, 0.25) is 0 Å². The van der Waals surface area contributed by atoms with Crippen molar-refractivity contribution in [2.75, 3.05) is 20.3 Å². The molecule has 0 aliphatic rings. The van der Waals surface area contributed by atoms with Crippen molar-refractivity contribution in [2.45, 2.75) is 20.3 Å². The Hall–Kier alpha value is -1.59. The zero-order chi connectivity index (χ0) is 14.5. The smallest absolute Gasteiger partial charge is 0.161 e. The van der Waals surface area contributed by atoms with E-state index >= 15 is 0 Å². The highest BCUT2D eigenvalue weighted by atomic mass is 32.1. The highest BCUT2D eigenvalue weighted by Gasteiger charge is 2.12. The van der Waals surface area contributed by atoms with Crippen LogP contribution in [0.1, 0.15) is 17.5 Å². The highest BCUT2D eigenvalue weighted by molar-refractivity contribution is 7.15. The minimum absolute atomic E-state index is 0.618. The van der Waals surface area contributed by atoms with Crippen molar-refractivity contribution in [3.63, 3.8) is 0 Å². The molecule has 0 aliphatic carbocycles. The Bertz CT molecular complexity index is 581. The molecule has 0 amide bonds. The molecule has 20 heavy (non-hydrogen) atoms. The molecule has 108 valence electrons. The van der Waals surface area contributed by atoms with E-state index in [2.05, 4.69) is 4.98 Å². The average Bonchev–Trinajstić information content (AvgIpc) is 2.81. The lowest BCUT2D eigenvalue weighted by atomic mass is 10.2. The number of nitrogens with two attached hydrogens (primary N) is 1. The summed E-state index contributed by atoms with van der Waals surface area (Å²) in [4.78, 5) is 5.86. The zero-order valence-electron chi connectivity index (χ0n) is 12.1. The lowest BCUT2D eigenvalue weighted by Gasteiger charge is -2.09. The summed E-state index contributed by atoms with van der Waals surface area (Å²) in [6, 6.07) is 5.91. The van der Waals surface area contributed by atoms with Crippen LogP contribution in [0.15, 0.2) is 18.2 Å². The zero-order valence-corrected chi connectivity index (χ0v) is 12.9. The first-order valence-corrected chi connectivity index (χ1v) is 7.48. The summed E-state index contributed by atoms with van der Waals surface area (Å²) in [7, 11) is 1.65. The van der Waals surface area contributed by atoms with E-state index in [1.54, 1.807) is 18.4 Å². The predicted octanol–water partition coefficient (Wildman–Crippen LogP) is 3.03. The van der Waals surface area contributed by atoms with Crippen LogP contribution in [-0.2, 0) is 6.42 Å². The molecule has 1 aromatic carbocycles. The molecule has 0 radical (unpaired) electrons. The summed E-state index contributed by atoms with van der Waals surface area (Å²) < 4.78 is 10.9. The van der Waals surface area contributed by atoms with Crippen LogP contribution >= 0.6 is 11.3 Å². The third-order valence-electron chi connectivity index (χ3n) is 2.97. The molecule has 1 heterocycles. The van der Waals surface area contributed by atoms with E-state index in [9.17, 15) is 0 Å². The normalized spacial score (nSPS) is 10.6. The van der Waals surface area contributed by atoms with E-state index in [1.807, 2.05) is 32.0 Å². The number of benzene rings is 1. The predicted molar refractivity (Wildman–Crippen MR) is 82.8 cm³/mol. The molecule has 0 aliphatic heterocycles. The minimum Gasteiger partial charge on any atom is -0.493 e. The van der Waals surface area contributed by atoms with Gasteiger partial charge < -0.3 is 15.2 Å². The average molecular weight is 292 g/mol. The van der Waals surface area contributed by atoms with Crippen molar-refractivity contribution in [3.05, 3.63) is 28.8 Å². The SMILES string of the molecule is CCOc1ccc(-c2nc(C)c(CCN)s2)cc1OC. The van der Waals surface area contributed by atoms with Crippen LogP contribution in [0, 0.1) is 6.92 Å². The molecule has 2 aromatic rings. The third-order valence-corrected chi connectivity index (χ3v) is 4.24. The van der Waals surface area contributed by atoms with Gasteiger partial charge in [-0.15, -0.1) is 11.3 Å². The van der Waals surface area contributed by atoms with Crippen molar-refractivity contribution in [3.8, 4) is 22.1 Å². The van der Waals surface area contributed by atoms with Gasteiger partial charge in [0, 0.05) is 10.4 Å². The molecular formula is C15H20N2O2S. The van der Waals surface area contributed by atoms with Crippen LogP contribution in [0.3, 0.4) is 0 Å². The van der Waals surface area contributed by atoms with E-state index in [1.165, 1.54) is 4.88 Å². The van der Waals surface area contributed by atoms with E-state index in [0.29, 0.717) is 13.2 Å². The van der Waals surface area contributed by atoms with Gasteiger partial charge in [-0.25, -0.2) is 4.98 Å². The Labute approximate surface area is 123 Å². The highest BCUT2D eigenvalue weighted by Crippen LogP contribution is 2.35. The first kappa shape index (κ1) is 14.8. The quantitative estimate of drug-likeness (QED) is 0.889. The second kappa shape index (κ2) is 6.72. The van der Waals surface area contributed by atoms with Gasteiger partial charge in [0.25, 0.3) is 0 Å². The van der Waals surface area contributed by atoms with Crippen LogP contribution in [0.4, 0.5) is 0 Å². The second-order valence-corrected chi connectivity index (χ2v) is 5.45. The molecule has 0 saturated heterocycles. The van der Waals surface area contributed by atoms with E-state index in [0.717, 1.165) is 34.2 Å². The summed E-state index contributed by atoms with van der Waals surface area (Å²) >= 11 is 1.69. The fourth-order valence-electron chi connectivity index (χ4n) is 1.99. The maximum absolute atomic E-state index is 5.62. The largest absolute Gasteiger partial charge is 0.493 e. The van der Waals surface area contributed by atoms with Gasteiger partial charge in [-0.1, -0.05) is 0 Å². The first-order chi connectivity index (χ1) is 9.69. The molecule has 4 nitrogen and oxygen atoms in total. The molecule has 0 atom stereocenters. The van der Waals surface area contributed by atoms with E-state index < -0.39 is 0 Å². The Morgan fingerprint density at radius 2 is 2.10 bits per heavy atom. The Kier molecular flexibility index (Phi) is 4.98. The molecule has 0 fully saturated rings. The fraction of sp³-hybridized carbons (Fsp3) is 0.400. The topological polar surface area (TPSA) is 57.4 Å². The molecular weight excluding hydrogens is 272 g/mol. The first-order valence-electron chi connectivity index (χ1n) is 6.67. The standard InChI is InChI=1S/C15H20N2O2S/c1-4-19-12-6-5-11(9-13(12)18-3)15-17-10(2)14(20-15)7-8-16/h5-6,9H,4,7-8,16H2,1-3H3. The summed E-state index contributed by atoms with van der Waals surface area (Å²) in [5.41, 5.74) is 7.72. The molecule has 0 bridgehead atoms. The lowest BCUT2D eigenvalue weighted by Crippen LogP contribution is -2.01. The third kappa shape index (κ3) is 3.11. The second-order valence-electron chi connectivity index (χ2n) is 4.36. The molecule has 0 spiro atoms. The van der Waals surface area contributed by atoms with Gasteiger partial charge >= 0.3 is 0 Å². The van der Waals surface area contributed by atoms with Gasteiger partial charge in [-0.2, -0.15) is 0 Å². The fourth-order valence-corrected chi connectivity index (χ4v) is 3.06. The number of nitrogens with zero attached hydrogens (tertiary/aromatic N) is 1. The summed E-state index contributed by atoms with van der Waals surface area (Å²) in [6.07, 6.45) is 0.873. The maximum atomic E-state index is 5.62. The van der Waals surface area contributed by atoms with E-state index in [4.69, 9.17) is 15.2 Å². The molecule has 2 rings (SSSR count). The Balaban J connectivity index is 2.35. The van der Waals surface area contributed by atoms with Crippen LogP contribution in [-0.4, -0.2) is 25.2 Å².